The molecule has 1 aromatic carbocycles. The van der Waals surface area contributed by atoms with E-state index in [-0.39, 0.29) is 29.9 Å². The Hall–Kier alpha value is -2.32. The van der Waals surface area contributed by atoms with Crippen molar-refractivity contribution in [2.45, 2.75) is 26.6 Å². The molecule has 140 valence electrons. The van der Waals surface area contributed by atoms with Crippen molar-refractivity contribution in [3.63, 3.8) is 0 Å². The summed E-state index contributed by atoms with van der Waals surface area (Å²) in [5.74, 6) is -0.890. The molecule has 0 bridgehead atoms. The number of nitrogens with one attached hydrogen (secondary N) is 3. The molecule has 1 aromatic rings. The maximum absolute atomic E-state index is 13.1. The van der Waals surface area contributed by atoms with E-state index in [0.717, 1.165) is 12.1 Å². The number of rotatable bonds is 6. The fourth-order valence-electron chi connectivity index (χ4n) is 1.94. The first kappa shape index (κ1) is 20.7. The van der Waals surface area contributed by atoms with E-state index in [1.807, 2.05) is 0 Å². The summed E-state index contributed by atoms with van der Waals surface area (Å²) in [5.41, 5.74) is -1.12. The van der Waals surface area contributed by atoms with E-state index >= 15 is 0 Å². The lowest BCUT2D eigenvalue weighted by molar-refractivity contribution is -0.138. The van der Waals surface area contributed by atoms with Crippen LogP contribution in [0.1, 0.15) is 25.0 Å². The lowest BCUT2D eigenvalue weighted by Gasteiger charge is -2.16. The molecule has 1 rings (SSSR count). The Morgan fingerprint density at radius 2 is 1.80 bits per heavy atom. The van der Waals surface area contributed by atoms with Crippen LogP contribution >= 0.6 is 0 Å². The molecular formula is C16H22F4N4O. The third-order valence-corrected chi connectivity index (χ3v) is 3.29. The van der Waals surface area contributed by atoms with Crippen LogP contribution in [0.3, 0.4) is 0 Å². The molecule has 9 heteroatoms. The Kier molecular flexibility index (Phi) is 7.66. The van der Waals surface area contributed by atoms with Gasteiger partial charge in [0.05, 0.1) is 5.56 Å². The number of guanidine groups is 1. The molecule has 0 saturated heterocycles. The Morgan fingerprint density at radius 3 is 2.36 bits per heavy atom. The molecule has 0 radical (unpaired) electrons. The lowest BCUT2D eigenvalue weighted by atomic mass is 10.1. The fraction of sp³-hybridized carbons (Fsp3) is 0.500. The van der Waals surface area contributed by atoms with Gasteiger partial charge in [0.25, 0.3) is 0 Å². The first-order chi connectivity index (χ1) is 11.6. The monoisotopic (exact) mass is 362 g/mol. The second-order valence-corrected chi connectivity index (χ2v) is 5.60. The summed E-state index contributed by atoms with van der Waals surface area (Å²) in [5, 5.41) is 8.30. The van der Waals surface area contributed by atoms with Crippen LogP contribution in [0.15, 0.2) is 23.2 Å². The number of nitrogens with zero attached hydrogens (tertiary/aromatic N) is 1. The van der Waals surface area contributed by atoms with Crippen molar-refractivity contribution in [2.75, 3.05) is 20.1 Å². The number of halogens is 4. The van der Waals surface area contributed by atoms with Gasteiger partial charge in [0.15, 0.2) is 5.96 Å². The van der Waals surface area contributed by atoms with Crippen LogP contribution in [0.2, 0.25) is 0 Å². The molecule has 0 aliphatic heterocycles. The summed E-state index contributed by atoms with van der Waals surface area (Å²) in [6, 6.07) is 2.53. The average Bonchev–Trinajstić information content (AvgIpc) is 2.53. The second-order valence-electron chi connectivity index (χ2n) is 5.60. The Bertz CT molecular complexity index is 615. The van der Waals surface area contributed by atoms with E-state index in [4.69, 9.17) is 0 Å². The lowest BCUT2D eigenvalue weighted by Crippen LogP contribution is -2.42. The molecule has 0 saturated carbocycles. The Labute approximate surface area is 143 Å². The first-order valence-corrected chi connectivity index (χ1v) is 7.73. The summed E-state index contributed by atoms with van der Waals surface area (Å²) in [6.45, 7) is 4.07. The molecule has 3 N–H and O–H groups in total. The van der Waals surface area contributed by atoms with Crippen LogP contribution in [-0.2, 0) is 17.5 Å². The smallest absolute Gasteiger partial charge is 0.355 e. The molecule has 0 unspecified atom stereocenters. The number of amides is 1. The summed E-state index contributed by atoms with van der Waals surface area (Å²) in [6.07, 6.45) is -4.64. The summed E-state index contributed by atoms with van der Waals surface area (Å²) < 4.78 is 51.9. The Morgan fingerprint density at radius 1 is 1.16 bits per heavy atom. The van der Waals surface area contributed by atoms with Crippen LogP contribution in [0, 0.1) is 11.7 Å². The van der Waals surface area contributed by atoms with Crippen molar-refractivity contribution in [2.24, 2.45) is 10.9 Å². The number of carbonyl (C=O) groups excluding carboxylic acids is 1. The predicted molar refractivity (Wildman–Crippen MR) is 87.5 cm³/mol. The molecule has 25 heavy (non-hydrogen) atoms. The molecule has 0 aliphatic rings. The van der Waals surface area contributed by atoms with Gasteiger partial charge in [-0.1, -0.05) is 19.9 Å². The highest BCUT2D eigenvalue weighted by Crippen LogP contribution is 2.32. The van der Waals surface area contributed by atoms with Crippen LogP contribution in [0.4, 0.5) is 17.6 Å². The number of hydrogen-bond acceptors (Lipinski definition) is 2. The minimum atomic E-state index is -4.64. The van der Waals surface area contributed by atoms with Gasteiger partial charge in [-0.15, -0.1) is 0 Å². The van der Waals surface area contributed by atoms with Gasteiger partial charge < -0.3 is 16.0 Å². The van der Waals surface area contributed by atoms with Crippen molar-refractivity contribution in [1.82, 2.24) is 16.0 Å². The van der Waals surface area contributed by atoms with E-state index in [1.54, 1.807) is 13.8 Å². The van der Waals surface area contributed by atoms with Gasteiger partial charge in [-0.05, 0) is 17.7 Å². The van der Waals surface area contributed by atoms with E-state index < -0.39 is 17.6 Å². The number of hydrogen-bond donors (Lipinski definition) is 3. The molecule has 0 aliphatic carbocycles. The maximum Gasteiger partial charge on any atom is 0.416 e. The van der Waals surface area contributed by atoms with Crippen LogP contribution < -0.4 is 16.0 Å². The highest BCUT2D eigenvalue weighted by atomic mass is 19.4. The molecule has 1 amide bonds. The Balaban J connectivity index is 2.57. The van der Waals surface area contributed by atoms with Crippen molar-refractivity contribution >= 4 is 11.9 Å². The highest BCUT2D eigenvalue weighted by Gasteiger charge is 2.33. The fourth-order valence-corrected chi connectivity index (χ4v) is 1.94. The molecule has 0 spiro atoms. The number of benzene rings is 1. The molecule has 0 fully saturated rings. The highest BCUT2D eigenvalue weighted by molar-refractivity contribution is 5.80. The summed E-state index contributed by atoms with van der Waals surface area (Å²) in [4.78, 5) is 15.3. The third kappa shape index (κ3) is 6.98. The van der Waals surface area contributed by atoms with Gasteiger partial charge in [-0.2, -0.15) is 13.2 Å². The third-order valence-electron chi connectivity index (χ3n) is 3.29. The van der Waals surface area contributed by atoms with E-state index in [0.29, 0.717) is 19.2 Å². The normalized spacial score (nSPS) is 12.2. The van der Waals surface area contributed by atoms with Crippen molar-refractivity contribution in [3.8, 4) is 0 Å². The number of aliphatic imine (C=N–C) groups is 1. The largest absolute Gasteiger partial charge is 0.416 e. The quantitative estimate of drug-likeness (QED) is 0.315. The topological polar surface area (TPSA) is 65.5 Å². The van der Waals surface area contributed by atoms with Gasteiger partial charge in [-0.3, -0.25) is 9.79 Å². The SMILES string of the molecule is CN=C(NCCNC(=O)C(C)C)NCc1ccc(F)cc1C(F)(F)F. The zero-order chi connectivity index (χ0) is 19.0. The number of carbonyl (C=O) groups is 1. The van der Waals surface area contributed by atoms with Crippen molar-refractivity contribution in [1.29, 1.82) is 0 Å². The van der Waals surface area contributed by atoms with Crippen LogP contribution in [0.25, 0.3) is 0 Å². The van der Waals surface area contributed by atoms with Gasteiger partial charge in [0.1, 0.15) is 5.82 Å². The zero-order valence-corrected chi connectivity index (χ0v) is 14.3. The van der Waals surface area contributed by atoms with E-state index in [9.17, 15) is 22.4 Å². The first-order valence-electron chi connectivity index (χ1n) is 7.73. The summed E-state index contributed by atoms with van der Waals surface area (Å²) in [7, 11) is 1.47. The van der Waals surface area contributed by atoms with E-state index in [1.165, 1.54) is 7.05 Å². The summed E-state index contributed by atoms with van der Waals surface area (Å²) >= 11 is 0. The van der Waals surface area contributed by atoms with Crippen molar-refractivity contribution < 1.29 is 22.4 Å². The standard InChI is InChI=1S/C16H22F4N4O/c1-10(2)14(25)22-6-7-23-15(21-3)24-9-11-4-5-12(17)8-13(11)16(18,19)20/h4-5,8,10H,6-7,9H2,1-3H3,(H,22,25)(H2,21,23,24). The van der Waals surface area contributed by atoms with Gasteiger partial charge in [-0.25, -0.2) is 4.39 Å². The number of alkyl halides is 3. The minimum absolute atomic E-state index is 0.0918. The second kappa shape index (κ2) is 9.24. The van der Waals surface area contributed by atoms with Crippen molar-refractivity contribution in [3.05, 3.63) is 35.1 Å². The molecule has 0 heterocycles. The molecule has 5 nitrogen and oxygen atoms in total. The molecular weight excluding hydrogens is 340 g/mol. The zero-order valence-electron chi connectivity index (χ0n) is 14.3. The molecule has 0 atom stereocenters. The van der Waals surface area contributed by atoms with Crippen LogP contribution in [0.5, 0.6) is 0 Å². The van der Waals surface area contributed by atoms with Gasteiger partial charge in [0, 0.05) is 32.6 Å². The maximum atomic E-state index is 13.1. The minimum Gasteiger partial charge on any atom is -0.355 e. The van der Waals surface area contributed by atoms with Gasteiger partial charge >= 0.3 is 6.18 Å². The molecule has 0 aromatic heterocycles. The predicted octanol–water partition coefficient (Wildman–Crippen LogP) is 2.28. The van der Waals surface area contributed by atoms with E-state index in [2.05, 4.69) is 20.9 Å². The van der Waals surface area contributed by atoms with Gasteiger partial charge in [0.2, 0.25) is 5.91 Å². The average molecular weight is 362 g/mol. The van der Waals surface area contributed by atoms with Crippen LogP contribution in [-0.4, -0.2) is 32.0 Å².